The Kier molecular flexibility index (Phi) is 3.52. The van der Waals surface area contributed by atoms with E-state index < -0.39 is 37.4 Å². The van der Waals surface area contributed by atoms with Crippen molar-refractivity contribution in [2.24, 2.45) is 11.3 Å². The van der Waals surface area contributed by atoms with Gasteiger partial charge in [-0.05, 0) is 12.3 Å². The molecule has 2 aliphatic rings. The molecule has 2 aromatic rings. The van der Waals surface area contributed by atoms with Crippen molar-refractivity contribution in [3.63, 3.8) is 0 Å². The van der Waals surface area contributed by atoms with Crippen LogP contribution in [-0.4, -0.2) is 57.9 Å². The molecule has 2 saturated carbocycles. The average Bonchev–Trinajstić information content (AvgIpc) is 2.90. The maximum absolute atomic E-state index is 11.4. The highest BCUT2D eigenvalue weighted by molar-refractivity contribution is 14.1. The molecule has 10 nitrogen and oxygen atoms in total. The molecule has 0 amide bonds. The largest absolute Gasteiger partial charge is 0.390 e. The van der Waals surface area contributed by atoms with Gasteiger partial charge in [0.05, 0.1) is 24.6 Å². The Hall–Kier alpha value is -0.850. The van der Waals surface area contributed by atoms with Gasteiger partial charge < -0.3 is 30.3 Å². The summed E-state index contributed by atoms with van der Waals surface area (Å²) >= 11 is 1.92. The van der Waals surface area contributed by atoms with E-state index in [4.69, 9.17) is 5.73 Å². The lowest BCUT2D eigenvalue weighted by Crippen LogP contribution is -2.35. The van der Waals surface area contributed by atoms with Crippen molar-refractivity contribution in [3.8, 4) is 0 Å². The number of aliphatic hydroxyl groups is 2. The van der Waals surface area contributed by atoms with Crippen LogP contribution in [0.25, 0.3) is 11.2 Å². The molecule has 6 N–H and O–H groups in total. The summed E-state index contributed by atoms with van der Waals surface area (Å²) in [6.07, 6.45) is -0.922. The number of aromatic nitrogens is 4. The summed E-state index contributed by atoms with van der Waals surface area (Å²) in [5, 5.41) is 20.8. The normalized spacial score (nSPS) is 35.4. The van der Waals surface area contributed by atoms with E-state index in [2.05, 4.69) is 15.0 Å². The molecule has 0 spiro atoms. The van der Waals surface area contributed by atoms with Gasteiger partial charge in [0.1, 0.15) is 11.6 Å². The van der Waals surface area contributed by atoms with Crippen LogP contribution in [0.15, 0.2) is 6.33 Å². The Labute approximate surface area is 149 Å². The molecule has 0 radical (unpaired) electrons. The molecule has 0 bridgehead atoms. The van der Waals surface area contributed by atoms with Gasteiger partial charge in [0.25, 0.3) is 0 Å². The van der Waals surface area contributed by atoms with Crippen LogP contribution < -0.4 is 5.73 Å². The molecule has 0 saturated heterocycles. The second kappa shape index (κ2) is 5.08. The molecular weight excluding hydrogens is 452 g/mol. The molecule has 5 atom stereocenters. The van der Waals surface area contributed by atoms with Gasteiger partial charge in [-0.25, -0.2) is 15.0 Å². The van der Waals surface area contributed by atoms with E-state index in [0.29, 0.717) is 21.4 Å². The van der Waals surface area contributed by atoms with Crippen LogP contribution in [0, 0.1) is 15.2 Å². The van der Waals surface area contributed by atoms with Crippen LogP contribution >= 0.6 is 30.2 Å². The molecule has 2 aliphatic carbocycles. The summed E-state index contributed by atoms with van der Waals surface area (Å²) in [7, 11) is -4.31. The number of nitrogens with two attached hydrogens (primary N) is 1. The number of rotatable bonds is 3. The number of hydrogen-bond donors (Lipinski definition) is 5. The van der Waals surface area contributed by atoms with Gasteiger partial charge >= 0.3 is 7.60 Å². The molecule has 2 fully saturated rings. The third-order valence-electron chi connectivity index (χ3n) is 5.10. The van der Waals surface area contributed by atoms with Crippen molar-refractivity contribution in [2.45, 2.75) is 24.7 Å². The third-order valence-corrected chi connectivity index (χ3v) is 6.58. The van der Waals surface area contributed by atoms with Crippen LogP contribution in [0.4, 0.5) is 5.82 Å². The Balaban J connectivity index is 1.78. The van der Waals surface area contributed by atoms with E-state index in [1.54, 1.807) is 4.57 Å². The highest BCUT2D eigenvalue weighted by atomic mass is 127. The SMILES string of the molecule is Nc1nc(I)nc2c1ncn2[C@H]1[C@H](O)[C@H](O)[C@]2(CP(=O)(O)O)C[C@H]12. The minimum absolute atomic E-state index is 0.216. The van der Waals surface area contributed by atoms with Gasteiger partial charge in [-0.3, -0.25) is 4.57 Å². The fourth-order valence-corrected chi connectivity index (χ4v) is 5.87. The van der Waals surface area contributed by atoms with E-state index in [1.807, 2.05) is 22.6 Å². The lowest BCUT2D eigenvalue weighted by atomic mass is 10.0. The van der Waals surface area contributed by atoms with Crippen LogP contribution in [0.3, 0.4) is 0 Å². The zero-order chi connectivity index (χ0) is 17.4. The standard InChI is InChI=1S/C12H15IN5O5P/c13-11-16-9(14)5-10(17-11)18(3-15-5)6-4-1-12(4,2-24(21,22)23)8(20)7(6)19/h3-4,6-8,19-20H,1-2H2,(H2,14,16,17)(H2,21,22,23)/t4-,6-,7+,8+,12+/m1/s1. The number of imidazole rings is 1. The van der Waals surface area contributed by atoms with Gasteiger partial charge in [-0.15, -0.1) is 0 Å². The number of nitrogen functional groups attached to an aromatic ring is 1. The molecule has 0 aromatic carbocycles. The van der Waals surface area contributed by atoms with Crippen LogP contribution in [0.5, 0.6) is 0 Å². The second-order valence-electron chi connectivity index (χ2n) is 6.49. The van der Waals surface area contributed by atoms with Gasteiger partial charge in [0.15, 0.2) is 15.3 Å². The first-order chi connectivity index (χ1) is 11.1. The fraction of sp³-hybridized carbons (Fsp3) is 0.583. The summed E-state index contributed by atoms with van der Waals surface area (Å²) < 4.78 is 13.5. The van der Waals surface area contributed by atoms with E-state index in [-0.39, 0.29) is 11.7 Å². The predicted octanol–water partition coefficient (Wildman–Crippen LogP) is -0.526. The molecule has 2 heterocycles. The Morgan fingerprint density at radius 3 is 2.79 bits per heavy atom. The second-order valence-corrected chi connectivity index (χ2v) is 9.10. The van der Waals surface area contributed by atoms with Crippen molar-refractivity contribution in [1.29, 1.82) is 0 Å². The number of fused-ring (bicyclic) bond motifs is 2. The van der Waals surface area contributed by atoms with Crippen LogP contribution in [0.1, 0.15) is 12.5 Å². The van der Waals surface area contributed by atoms with Gasteiger partial charge in [-0.1, -0.05) is 0 Å². The quantitative estimate of drug-likeness (QED) is 0.227. The number of halogens is 1. The van der Waals surface area contributed by atoms with Gasteiger partial charge in [0, 0.05) is 28.0 Å². The number of anilines is 1. The molecule has 12 heteroatoms. The summed E-state index contributed by atoms with van der Waals surface area (Å²) in [5.74, 6) is -0.0464. The maximum Gasteiger partial charge on any atom is 0.326 e. The van der Waals surface area contributed by atoms with E-state index in [9.17, 15) is 24.6 Å². The van der Waals surface area contributed by atoms with Gasteiger partial charge in [0.2, 0.25) is 0 Å². The zero-order valence-corrected chi connectivity index (χ0v) is 15.2. The molecule has 24 heavy (non-hydrogen) atoms. The fourth-order valence-electron chi connectivity index (χ4n) is 4.06. The summed E-state index contributed by atoms with van der Waals surface area (Å²) in [5.41, 5.74) is 5.70. The van der Waals surface area contributed by atoms with Crippen molar-refractivity contribution < 1.29 is 24.6 Å². The first kappa shape index (κ1) is 16.6. The van der Waals surface area contributed by atoms with E-state index in [1.165, 1.54) is 6.33 Å². The molecule has 130 valence electrons. The Morgan fingerprint density at radius 1 is 1.42 bits per heavy atom. The first-order valence-corrected chi connectivity index (χ1v) is 10.1. The zero-order valence-electron chi connectivity index (χ0n) is 12.2. The van der Waals surface area contributed by atoms with Gasteiger partial charge in [-0.2, -0.15) is 0 Å². The topological polar surface area (TPSA) is 168 Å². The monoisotopic (exact) mass is 467 g/mol. The Morgan fingerprint density at radius 2 is 2.12 bits per heavy atom. The average molecular weight is 467 g/mol. The van der Waals surface area contributed by atoms with Crippen molar-refractivity contribution >= 4 is 47.2 Å². The molecule has 0 unspecified atom stereocenters. The number of hydrogen-bond acceptors (Lipinski definition) is 7. The predicted molar refractivity (Wildman–Crippen MR) is 91.0 cm³/mol. The Bertz CT molecular complexity index is 886. The maximum atomic E-state index is 11.4. The number of aliphatic hydroxyl groups excluding tert-OH is 2. The van der Waals surface area contributed by atoms with Crippen molar-refractivity contribution in [2.75, 3.05) is 11.9 Å². The van der Waals surface area contributed by atoms with E-state index >= 15 is 0 Å². The third kappa shape index (κ3) is 2.30. The summed E-state index contributed by atoms with van der Waals surface area (Å²) in [4.78, 5) is 31.1. The van der Waals surface area contributed by atoms with E-state index in [0.717, 1.165) is 0 Å². The molecular formula is C12H15IN5O5P. The molecule has 0 aliphatic heterocycles. The highest BCUT2D eigenvalue weighted by Gasteiger charge is 2.72. The number of nitrogens with zero attached hydrogens (tertiary/aromatic N) is 4. The minimum atomic E-state index is -4.31. The molecule has 2 aromatic heterocycles. The van der Waals surface area contributed by atoms with Crippen LogP contribution in [0.2, 0.25) is 0 Å². The lowest BCUT2D eigenvalue weighted by molar-refractivity contribution is -0.0137. The summed E-state index contributed by atoms with van der Waals surface area (Å²) in [6.45, 7) is 0. The highest BCUT2D eigenvalue weighted by Crippen LogP contribution is 2.71. The summed E-state index contributed by atoms with van der Waals surface area (Å²) in [6, 6.07) is -0.568. The minimum Gasteiger partial charge on any atom is -0.390 e. The van der Waals surface area contributed by atoms with Crippen molar-refractivity contribution in [1.82, 2.24) is 19.5 Å². The van der Waals surface area contributed by atoms with Crippen LogP contribution in [-0.2, 0) is 4.57 Å². The lowest BCUT2D eigenvalue weighted by Gasteiger charge is -2.24. The first-order valence-electron chi connectivity index (χ1n) is 7.20. The smallest absolute Gasteiger partial charge is 0.326 e. The van der Waals surface area contributed by atoms with Crippen molar-refractivity contribution in [3.05, 3.63) is 10.2 Å². The molecule has 4 rings (SSSR count).